The van der Waals surface area contributed by atoms with Crippen LogP contribution in [0.5, 0.6) is 5.75 Å². The lowest BCUT2D eigenvalue weighted by atomic mass is 10.1. The van der Waals surface area contributed by atoms with Crippen LogP contribution in [0.1, 0.15) is 16.1 Å². The van der Waals surface area contributed by atoms with E-state index >= 15 is 0 Å². The number of fused-ring (bicyclic) bond motifs is 1. The lowest BCUT2D eigenvalue weighted by molar-refractivity contribution is 0.0995. The van der Waals surface area contributed by atoms with Gasteiger partial charge in [0.15, 0.2) is 5.76 Å². The van der Waals surface area contributed by atoms with Crippen molar-refractivity contribution in [1.29, 1.82) is 0 Å². The van der Waals surface area contributed by atoms with Crippen molar-refractivity contribution in [3.8, 4) is 5.75 Å². The van der Waals surface area contributed by atoms with E-state index in [2.05, 4.69) is 10.3 Å². The highest BCUT2D eigenvalue weighted by Crippen LogP contribution is 2.28. The van der Waals surface area contributed by atoms with E-state index in [9.17, 15) is 4.79 Å². The van der Waals surface area contributed by atoms with Gasteiger partial charge in [-0.05, 0) is 30.3 Å². The van der Waals surface area contributed by atoms with Crippen LogP contribution in [0.4, 0.5) is 5.69 Å². The smallest absolute Gasteiger partial charge is 0.291 e. The fourth-order valence-corrected chi connectivity index (χ4v) is 2.72. The van der Waals surface area contributed by atoms with E-state index in [1.807, 2.05) is 54.6 Å². The normalized spacial score (nSPS) is 10.6. The van der Waals surface area contributed by atoms with E-state index in [0.717, 1.165) is 11.1 Å². The number of carbonyl (C=O) groups excluding carboxylic acids is 1. The number of rotatable bonds is 5. The Kier molecular flexibility index (Phi) is 4.35. The Morgan fingerprint density at radius 1 is 1.00 bits per heavy atom. The second-order valence-corrected chi connectivity index (χ2v) is 5.70. The number of hydrogen-bond acceptors (Lipinski definition) is 4. The van der Waals surface area contributed by atoms with Gasteiger partial charge < -0.3 is 14.5 Å². The molecule has 0 bridgehead atoms. The van der Waals surface area contributed by atoms with Gasteiger partial charge in [-0.2, -0.15) is 0 Å². The van der Waals surface area contributed by atoms with E-state index in [-0.39, 0.29) is 18.3 Å². The molecule has 26 heavy (non-hydrogen) atoms. The van der Waals surface area contributed by atoms with Gasteiger partial charge in [-0.15, -0.1) is 0 Å². The summed E-state index contributed by atoms with van der Waals surface area (Å²) in [6.45, 7) is 0.233. The second kappa shape index (κ2) is 7.11. The summed E-state index contributed by atoms with van der Waals surface area (Å²) in [7, 11) is 0. The number of amides is 1. The molecule has 1 amide bonds. The first-order chi connectivity index (χ1) is 12.8. The van der Waals surface area contributed by atoms with E-state index in [1.165, 1.54) is 0 Å². The van der Waals surface area contributed by atoms with Gasteiger partial charge in [0, 0.05) is 17.1 Å². The minimum atomic E-state index is -0.333. The Labute approximate surface area is 150 Å². The predicted molar refractivity (Wildman–Crippen MR) is 99.2 cm³/mol. The number of benzene rings is 2. The summed E-state index contributed by atoms with van der Waals surface area (Å²) < 4.78 is 11.7. The standard InChI is InChI=1S/C21H16N2O3/c24-21(23-15-7-6-12-22-13-15)20-18(14-25-16-8-2-1-3-9-16)17-10-4-5-11-19(17)26-20/h1-13H,14H2,(H,23,24). The van der Waals surface area contributed by atoms with Crippen molar-refractivity contribution in [3.05, 3.63) is 90.4 Å². The Morgan fingerprint density at radius 3 is 2.62 bits per heavy atom. The second-order valence-electron chi connectivity index (χ2n) is 5.70. The zero-order chi connectivity index (χ0) is 17.8. The van der Waals surface area contributed by atoms with Crippen molar-refractivity contribution in [1.82, 2.24) is 4.98 Å². The average molecular weight is 344 g/mol. The molecule has 0 fully saturated rings. The summed E-state index contributed by atoms with van der Waals surface area (Å²) in [5, 5.41) is 3.67. The maximum atomic E-state index is 12.7. The summed E-state index contributed by atoms with van der Waals surface area (Å²) in [6, 6.07) is 20.5. The molecule has 128 valence electrons. The molecule has 0 aliphatic carbocycles. The van der Waals surface area contributed by atoms with Gasteiger partial charge in [0.25, 0.3) is 5.91 Å². The third kappa shape index (κ3) is 3.28. The number of carbonyl (C=O) groups is 1. The number of para-hydroxylation sites is 2. The molecule has 2 aromatic heterocycles. The fourth-order valence-electron chi connectivity index (χ4n) is 2.72. The molecule has 5 heteroatoms. The maximum Gasteiger partial charge on any atom is 0.291 e. The van der Waals surface area contributed by atoms with Gasteiger partial charge in [-0.3, -0.25) is 9.78 Å². The molecule has 0 saturated carbocycles. The molecule has 4 aromatic rings. The molecule has 0 unspecified atom stereocenters. The predicted octanol–water partition coefficient (Wildman–Crippen LogP) is 4.66. The van der Waals surface area contributed by atoms with E-state index in [1.54, 1.807) is 24.5 Å². The Bertz CT molecular complexity index is 1030. The lowest BCUT2D eigenvalue weighted by Gasteiger charge is -2.07. The third-order valence-corrected chi connectivity index (χ3v) is 3.95. The van der Waals surface area contributed by atoms with Crippen LogP contribution in [0.25, 0.3) is 11.0 Å². The molecule has 0 aliphatic heterocycles. The molecule has 0 atom stereocenters. The maximum absolute atomic E-state index is 12.7. The van der Waals surface area contributed by atoms with Gasteiger partial charge in [0.2, 0.25) is 0 Å². The quantitative estimate of drug-likeness (QED) is 0.572. The summed E-state index contributed by atoms with van der Waals surface area (Å²) in [5.74, 6) is 0.642. The first-order valence-electron chi connectivity index (χ1n) is 8.21. The fraction of sp³-hybridized carbons (Fsp3) is 0.0476. The van der Waals surface area contributed by atoms with Crippen LogP contribution < -0.4 is 10.1 Å². The molecule has 2 aromatic carbocycles. The molecule has 5 nitrogen and oxygen atoms in total. The summed E-state index contributed by atoms with van der Waals surface area (Å²) in [6.07, 6.45) is 3.23. The van der Waals surface area contributed by atoms with E-state index in [0.29, 0.717) is 16.8 Å². The summed E-state index contributed by atoms with van der Waals surface area (Å²) in [5.41, 5.74) is 1.97. The SMILES string of the molecule is O=C(Nc1cccnc1)c1oc2ccccc2c1COc1ccccc1. The lowest BCUT2D eigenvalue weighted by Crippen LogP contribution is -2.14. The number of aromatic nitrogens is 1. The van der Waals surface area contributed by atoms with Gasteiger partial charge in [0.05, 0.1) is 11.9 Å². The van der Waals surface area contributed by atoms with Crippen LogP contribution in [0.15, 0.2) is 83.5 Å². The van der Waals surface area contributed by atoms with Crippen LogP contribution in [-0.2, 0) is 6.61 Å². The number of hydrogen-bond donors (Lipinski definition) is 1. The van der Waals surface area contributed by atoms with Crippen molar-refractivity contribution in [3.63, 3.8) is 0 Å². The molecule has 4 rings (SSSR count). The van der Waals surface area contributed by atoms with Crippen molar-refractivity contribution in [2.24, 2.45) is 0 Å². The van der Waals surface area contributed by atoms with E-state index < -0.39 is 0 Å². The van der Waals surface area contributed by atoms with Gasteiger partial charge in [0.1, 0.15) is 17.9 Å². The Morgan fingerprint density at radius 2 is 1.81 bits per heavy atom. The molecular weight excluding hydrogens is 328 g/mol. The minimum absolute atomic E-state index is 0.233. The first-order valence-corrected chi connectivity index (χ1v) is 8.21. The largest absolute Gasteiger partial charge is 0.489 e. The van der Waals surface area contributed by atoms with Crippen molar-refractivity contribution >= 4 is 22.6 Å². The van der Waals surface area contributed by atoms with Crippen LogP contribution in [0, 0.1) is 0 Å². The molecule has 0 aliphatic rings. The topological polar surface area (TPSA) is 64.4 Å². The van der Waals surface area contributed by atoms with Crippen LogP contribution in [0.2, 0.25) is 0 Å². The number of furan rings is 1. The minimum Gasteiger partial charge on any atom is -0.489 e. The zero-order valence-corrected chi connectivity index (χ0v) is 13.9. The van der Waals surface area contributed by atoms with Gasteiger partial charge >= 0.3 is 0 Å². The molecule has 0 saturated heterocycles. The Balaban J connectivity index is 1.66. The Hall–Kier alpha value is -3.60. The van der Waals surface area contributed by atoms with Crippen molar-refractivity contribution < 1.29 is 13.9 Å². The molecule has 1 N–H and O–H groups in total. The zero-order valence-electron chi connectivity index (χ0n) is 13.9. The number of ether oxygens (including phenoxy) is 1. The van der Waals surface area contributed by atoms with Gasteiger partial charge in [-0.25, -0.2) is 0 Å². The van der Waals surface area contributed by atoms with Gasteiger partial charge in [-0.1, -0.05) is 36.4 Å². The highest BCUT2D eigenvalue weighted by molar-refractivity contribution is 6.06. The van der Waals surface area contributed by atoms with Crippen LogP contribution in [-0.4, -0.2) is 10.9 Å². The monoisotopic (exact) mass is 344 g/mol. The average Bonchev–Trinajstić information content (AvgIpc) is 3.07. The number of nitrogens with one attached hydrogen (secondary N) is 1. The highest BCUT2D eigenvalue weighted by atomic mass is 16.5. The number of pyridine rings is 1. The first kappa shape index (κ1) is 15.9. The third-order valence-electron chi connectivity index (χ3n) is 3.95. The number of nitrogens with zero attached hydrogens (tertiary/aromatic N) is 1. The summed E-state index contributed by atoms with van der Waals surface area (Å²) in [4.78, 5) is 16.7. The molecular formula is C21H16N2O3. The van der Waals surface area contributed by atoms with E-state index in [4.69, 9.17) is 9.15 Å². The molecule has 0 radical (unpaired) electrons. The highest BCUT2D eigenvalue weighted by Gasteiger charge is 2.21. The molecule has 0 spiro atoms. The van der Waals surface area contributed by atoms with Crippen LogP contribution in [0.3, 0.4) is 0 Å². The van der Waals surface area contributed by atoms with Crippen molar-refractivity contribution in [2.75, 3.05) is 5.32 Å². The summed E-state index contributed by atoms with van der Waals surface area (Å²) >= 11 is 0. The molecule has 2 heterocycles. The van der Waals surface area contributed by atoms with Crippen molar-refractivity contribution in [2.45, 2.75) is 6.61 Å². The van der Waals surface area contributed by atoms with Crippen LogP contribution >= 0.6 is 0 Å². The number of anilines is 1.